The third-order valence-corrected chi connectivity index (χ3v) is 6.18. The molecule has 1 aromatic carbocycles. The molecule has 1 aromatic heterocycles. The molecule has 1 N–H and O–H groups in total. The lowest BCUT2D eigenvalue weighted by molar-refractivity contribution is 0.314. The van der Waals surface area contributed by atoms with E-state index < -0.39 is 10.0 Å². The number of benzene rings is 1. The Balaban J connectivity index is 1.71. The monoisotopic (exact) mass is 307 g/mol. The molecular weight excluding hydrogens is 286 g/mol. The molecule has 2 heterocycles. The Morgan fingerprint density at radius 2 is 2.00 bits per heavy atom. The zero-order valence-corrected chi connectivity index (χ0v) is 13.1. The van der Waals surface area contributed by atoms with Crippen molar-refractivity contribution >= 4 is 21.1 Å². The molecule has 0 spiro atoms. The van der Waals surface area contributed by atoms with Crippen molar-refractivity contribution < 1.29 is 8.42 Å². The largest absolute Gasteiger partial charge is 0.342 e. The number of H-pyrrole nitrogens is 1. The highest BCUT2D eigenvalue weighted by molar-refractivity contribution is 7.89. The maximum Gasteiger partial charge on any atom is 0.214 e. The van der Waals surface area contributed by atoms with Crippen LogP contribution in [0.1, 0.15) is 37.9 Å². The summed E-state index contributed by atoms with van der Waals surface area (Å²) in [4.78, 5) is 8.00. The number of hydrogen-bond acceptors (Lipinski definition) is 3. The Labute approximate surface area is 125 Å². The molecule has 6 heteroatoms. The van der Waals surface area contributed by atoms with Crippen molar-refractivity contribution in [1.82, 2.24) is 14.3 Å². The van der Waals surface area contributed by atoms with Crippen LogP contribution in [0.2, 0.25) is 0 Å². The van der Waals surface area contributed by atoms with E-state index in [0.29, 0.717) is 25.4 Å². The Kier molecular flexibility index (Phi) is 3.99. The van der Waals surface area contributed by atoms with Crippen molar-refractivity contribution in [3.05, 3.63) is 30.1 Å². The Hall–Kier alpha value is -1.40. The number of aromatic amines is 1. The maximum absolute atomic E-state index is 12.1. The van der Waals surface area contributed by atoms with Gasteiger partial charge in [-0.1, -0.05) is 19.1 Å². The van der Waals surface area contributed by atoms with E-state index in [1.807, 2.05) is 31.2 Å². The summed E-state index contributed by atoms with van der Waals surface area (Å²) in [5.41, 5.74) is 2.03. The van der Waals surface area contributed by atoms with Crippen LogP contribution in [0.15, 0.2) is 24.3 Å². The molecule has 0 atom stereocenters. The minimum atomic E-state index is -3.06. The third kappa shape index (κ3) is 2.96. The van der Waals surface area contributed by atoms with E-state index in [1.54, 1.807) is 4.31 Å². The van der Waals surface area contributed by atoms with Gasteiger partial charge in [-0.3, -0.25) is 0 Å². The van der Waals surface area contributed by atoms with Gasteiger partial charge in [-0.15, -0.1) is 0 Å². The number of aromatic nitrogens is 2. The second-order valence-electron chi connectivity index (χ2n) is 5.63. The van der Waals surface area contributed by atoms with Crippen LogP contribution in [0, 0.1) is 0 Å². The second kappa shape index (κ2) is 5.77. The molecule has 1 aliphatic rings. The molecular formula is C15H21N3O2S. The van der Waals surface area contributed by atoms with Crippen molar-refractivity contribution in [1.29, 1.82) is 0 Å². The van der Waals surface area contributed by atoms with Gasteiger partial charge in [0.15, 0.2) is 0 Å². The van der Waals surface area contributed by atoms with Crippen LogP contribution in [0.25, 0.3) is 11.0 Å². The average molecular weight is 307 g/mol. The number of fused-ring (bicyclic) bond motifs is 1. The predicted octanol–water partition coefficient (Wildman–Crippen LogP) is 2.48. The van der Waals surface area contributed by atoms with Gasteiger partial charge in [0.25, 0.3) is 0 Å². The Morgan fingerprint density at radius 3 is 2.67 bits per heavy atom. The van der Waals surface area contributed by atoms with Crippen molar-refractivity contribution in [2.45, 2.75) is 32.1 Å². The van der Waals surface area contributed by atoms with Gasteiger partial charge in [0, 0.05) is 19.0 Å². The highest BCUT2D eigenvalue weighted by Gasteiger charge is 2.29. The number of imidazole rings is 1. The van der Waals surface area contributed by atoms with Gasteiger partial charge in [-0.05, 0) is 31.4 Å². The molecule has 3 rings (SSSR count). The molecule has 114 valence electrons. The summed E-state index contributed by atoms with van der Waals surface area (Å²) in [5, 5.41) is 0. The third-order valence-electron chi connectivity index (χ3n) is 4.10. The summed E-state index contributed by atoms with van der Waals surface area (Å²) in [7, 11) is -3.06. The normalized spacial score (nSPS) is 18.3. The lowest BCUT2D eigenvalue weighted by atomic mass is 9.97. The number of para-hydroxylation sites is 2. The van der Waals surface area contributed by atoms with Crippen molar-refractivity contribution in [2.75, 3.05) is 18.8 Å². The van der Waals surface area contributed by atoms with E-state index in [4.69, 9.17) is 0 Å². The van der Waals surface area contributed by atoms with Crippen LogP contribution in [-0.2, 0) is 10.0 Å². The van der Waals surface area contributed by atoms with Gasteiger partial charge in [0.1, 0.15) is 5.82 Å². The highest BCUT2D eigenvalue weighted by atomic mass is 32.2. The first-order valence-corrected chi connectivity index (χ1v) is 9.13. The fourth-order valence-corrected chi connectivity index (χ4v) is 4.50. The number of sulfonamides is 1. The van der Waals surface area contributed by atoms with E-state index in [2.05, 4.69) is 9.97 Å². The first kappa shape index (κ1) is 14.5. The van der Waals surface area contributed by atoms with Crippen LogP contribution in [0.3, 0.4) is 0 Å². The topological polar surface area (TPSA) is 66.1 Å². The van der Waals surface area contributed by atoms with Crippen LogP contribution in [0.4, 0.5) is 0 Å². The number of hydrogen-bond donors (Lipinski definition) is 1. The van der Waals surface area contributed by atoms with Gasteiger partial charge >= 0.3 is 0 Å². The van der Waals surface area contributed by atoms with Gasteiger partial charge in [0.2, 0.25) is 10.0 Å². The lowest BCUT2D eigenvalue weighted by Gasteiger charge is -2.30. The zero-order valence-electron chi connectivity index (χ0n) is 12.2. The van der Waals surface area contributed by atoms with E-state index in [-0.39, 0.29) is 5.75 Å². The Morgan fingerprint density at radius 1 is 1.29 bits per heavy atom. The molecule has 5 nitrogen and oxygen atoms in total. The first-order valence-electron chi connectivity index (χ1n) is 7.52. The van der Waals surface area contributed by atoms with Crippen LogP contribution < -0.4 is 0 Å². The number of piperidine rings is 1. The van der Waals surface area contributed by atoms with E-state index in [9.17, 15) is 8.42 Å². The molecule has 1 aliphatic heterocycles. The molecule has 21 heavy (non-hydrogen) atoms. The smallest absolute Gasteiger partial charge is 0.214 e. The van der Waals surface area contributed by atoms with Crippen molar-refractivity contribution in [3.8, 4) is 0 Å². The van der Waals surface area contributed by atoms with Gasteiger partial charge in [-0.25, -0.2) is 17.7 Å². The molecule has 0 radical (unpaired) electrons. The number of rotatable bonds is 4. The minimum Gasteiger partial charge on any atom is -0.342 e. The predicted molar refractivity (Wildman–Crippen MR) is 83.7 cm³/mol. The fourth-order valence-electron chi connectivity index (χ4n) is 2.96. The molecule has 0 unspecified atom stereocenters. The zero-order chi connectivity index (χ0) is 14.9. The second-order valence-corrected chi connectivity index (χ2v) is 7.72. The summed E-state index contributed by atoms with van der Waals surface area (Å²) in [6.07, 6.45) is 2.34. The minimum absolute atomic E-state index is 0.252. The summed E-state index contributed by atoms with van der Waals surface area (Å²) < 4.78 is 25.8. The van der Waals surface area contributed by atoms with E-state index >= 15 is 0 Å². The van der Waals surface area contributed by atoms with E-state index in [1.165, 1.54) is 0 Å². The van der Waals surface area contributed by atoms with Crippen LogP contribution >= 0.6 is 0 Å². The SMILES string of the molecule is CCCS(=O)(=O)N1CCC(c2nc3ccccc3[nH]2)CC1. The van der Waals surface area contributed by atoms with E-state index in [0.717, 1.165) is 29.7 Å². The first-order chi connectivity index (χ1) is 10.1. The Bertz CT molecular complexity index is 682. The van der Waals surface area contributed by atoms with Crippen LogP contribution in [-0.4, -0.2) is 41.5 Å². The number of nitrogens with zero attached hydrogens (tertiary/aromatic N) is 2. The summed E-state index contributed by atoms with van der Waals surface area (Å²) in [6, 6.07) is 7.99. The summed E-state index contributed by atoms with van der Waals surface area (Å²) >= 11 is 0. The van der Waals surface area contributed by atoms with Gasteiger partial charge in [-0.2, -0.15) is 0 Å². The molecule has 2 aromatic rings. The van der Waals surface area contributed by atoms with Crippen molar-refractivity contribution in [2.24, 2.45) is 0 Å². The molecule has 0 bridgehead atoms. The standard InChI is InChI=1S/C15H21N3O2S/c1-2-11-21(19,20)18-9-7-12(8-10-18)15-16-13-5-3-4-6-14(13)17-15/h3-6,12H,2,7-11H2,1H3,(H,16,17). The lowest BCUT2D eigenvalue weighted by Crippen LogP contribution is -2.39. The maximum atomic E-state index is 12.1. The summed E-state index contributed by atoms with van der Waals surface area (Å²) in [6.45, 7) is 3.10. The van der Waals surface area contributed by atoms with Crippen molar-refractivity contribution in [3.63, 3.8) is 0 Å². The fraction of sp³-hybridized carbons (Fsp3) is 0.533. The molecule has 0 aliphatic carbocycles. The quantitative estimate of drug-likeness (QED) is 0.943. The van der Waals surface area contributed by atoms with Crippen LogP contribution in [0.5, 0.6) is 0 Å². The molecule has 0 saturated carbocycles. The number of nitrogens with one attached hydrogen (secondary N) is 1. The van der Waals surface area contributed by atoms with Gasteiger partial charge in [0.05, 0.1) is 16.8 Å². The highest BCUT2D eigenvalue weighted by Crippen LogP contribution is 2.28. The van der Waals surface area contributed by atoms with Gasteiger partial charge < -0.3 is 4.98 Å². The molecule has 1 saturated heterocycles. The summed E-state index contributed by atoms with van der Waals surface area (Å²) in [5.74, 6) is 1.57. The average Bonchev–Trinajstić information content (AvgIpc) is 2.91. The molecule has 0 amide bonds. The molecule has 1 fully saturated rings.